The lowest BCUT2D eigenvalue weighted by molar-refractivity contribution is 0.634. The summed E-state index contributed by atoms with van der Waals surface area (Å²) in [6, 6.07) is 0. The summed E-state index contributed by atoms with van der Waals surface area (Å²) in [6.45, 7) is 4.27. The monoisotopic (exact) mass is 221 g/mol. The van der Waals surface area contributed by atoms with E-state index in [4.69, 9.17) is 0 Å². The summed E-state index contributed by atoms with van der Waals surface area (Å²) in [4.78, 5) is 4.19. The van der Waals surface area contributed by atoms with Crippen molar-refractivity contribution in [3.8, 4) is 0 Å². The van der Waals surface area contributed by atoms with Crippen molar-refractivity contribution in [3.05, 3.63) is 24.0 Å². The predicted octanol–water partition coefficient (Wildman–Crippen LogP) is -0.436. The van der Waals surface area contributed by atoms with Gasteiger partial charge in [0.15, 0.2) is 5.82 Å². The van der Waals surface area contributed by atoms with Crippen molar-refractivity contribution in [2.45, 2.75) is 20.0 Å². The van der Waals surface area contributed by atoms with Crippen LogP contribution >= 0.6 is 0 Å². The second kappa shape index (κ2) is 4.84. The van der Waals surface area contributed by atoms with Crippen LogP contribution in [-0.2, 0) is 20.1 Å². The minimum Gasteiger partial charge on any atom is -0.310 e. The fraction of sp³-hybridized carbons (Fsp3) is 0.556. The smallest absolute Gasteiger partial charge is 0.164 e. The van der Waals surface area contributed by atoms with Gasteiger partial charge in [0.25, 0.3) is 0 Å². The highest BCUT2D eigenvalue weighted by atomic mass is 15.4. The summed E-state index contributed by atoms with van der Waals surface area (Å²) in [7, 11) is 1.84. The van der Waals surface area contributed by atoms with Crippen LogP contribution in [0.1, 0.15) is 18.4 Å². The van der Waals surface area contributed by atoms with Gasteiger partial charge in [-0.1, -0.05) is 12.1 Å². The van der Waals surface area contributed by atoms with Gasteiger partial charge in [0.05, 0.1) is 13.1 Å². The van der Waals surface area contributed by atoms with Gasteiger partial charge in [-0.25, -0.2) is 9.67 Å². The van der Waals surface area contributed by atoms with Crippen molar-refractivity contribution < 1.29 is 0 Å². The highest BCUT2D eigenvalue weighted by molar-refractivity contribution is 4.93. The molecule has 2 aromatic heterocycles. The molecule has 0 amide bonds. The van der Waals surface area contributed by atoms with E-state index in [0.717, 1.165) is 18.1 Å². The highest BCUT2D eigenvalue weighted by Gasteiger charge is 2.03. The van der Waals surface area contributed by atoms with Gasteiger partial charge in [0.2, 0.25) is 0 Å². The lowest BCUT2D eigenvalue weighted by atomic mass is 10.5. The quantitative estimate of drug-likeness (QED) is 0.741. The predicted molar refractivity (Wildman–Crippen MR) is 57.5 cm³/mol. The number of nitrogens with one attached hydrogen (secondary N) is 1. The molecular formula is C9H15N7. The van der Waals surface area contributed by atoms with Crippen LogP contribution < -0.4 is 5.32 Å². The van der Waals surface area contributed by atoms with Crippen LogP contribution in [0.2, 0.25) is 0 Å². The molecule has 0 aliphatic rings. The molecule has 86 valence electrons. The maximum Gasteiger partial charge on any atom is 0.164 e. The number of aryl methyl sites for hydroxylation is 1. The van der Waals surface area contributed by atoms with Gasteiger partial charge in [-0.3, -0.25) is 4.68 Å². The molecule has 7 heteroatoms. The minimum atomic E-state index is 0.604. The molecule has 0 aromatic carbocycles. The molecule has 0 radical (unpaired) electrons. The molecule has 0 atom stereocenters. The maximum atomic E-state index is 4.32. The number of nitrogens with zero attached hydrogens (tertiary/aromatic N) is 6. The molecule has 2 aromatic rings. The van der Waals surface area contributed by atoms with Gasteiger partial charge in [0, 0.05) is 13.2 Å². The Morgan fingerprint density at radius 1 is 1.44 bits per heavy atom. The van der Waals surface area contributed by atoms with Gasteiger partial charge < -0.3 is 5.32 Å². The SMILES string of the molecule is CCNCc1ncn(Cc2cn(C)nn2)n1. The summed E-state index contributed by atoms with van der Waals surface area (Å²) in [5.74, 6) is 0.797. The van der Waals surface area contributed by atoms with Crippen molar-refractivity contribution in [1.82, 2.24) is 35.1 Å². The zero-order chi connectivity index (χ0) is 11.4. The molecule has 0 aliphatic carbocycles. The summed E-state index contributed by atoms with van der Waals surface area (Å²) in [5, 5.41) is 15.3. The molecule has 0 fully saturated rings. The van der Waals surface area contributed by atoms with E-state index in [2.05, 4.69) is 32.6 Å². The van der Waals surface area contributed by atoms with Crippen molar-refractivity contribution in [1.29, 1.82) is 0 Å². The zero-order valence-electron chi connectivity index (χ0n) is 9.46. The average molecular weight is 221 g/mol. The summed E-state index contributed by atoms with van der Waals surface area (Å²) < 4.78 is 3.43. The molecule has 16 heavy (non-hydrogen) atoms. The standard InChI is InChI=1S/C9H15N7/c1-3-10-4-9-11-7-16(13-9)6-8-5-15(2)14-12-8/h5,7,10H,3-4,6H2,1-2H3. The van der Waals surface area contributed by atoms with E-state index >= 15 is 0 Å². The van der Waals surface area contributed by atoms with Crippen molar-refractivity contribution in [3.63, 3.8) is 0 Å². The zero-order valence-corrected chi connectivity index (χ0v) is 9.46. The van der Waals surface area contributed by atoms with Gasteiger partial charge in [0.1, 0.15) is 12.0 Å². The molecule has 0 saturated carbocycles. The van der Waals surface area contributed by atoms with E-state index in [0.29, 0.717) is 13.1 Å². The molecule has 0 bridgehead atoms. The second-order valence-electron chi connectivity index (χ2n) is 3.52. The van der Waals surface area contributed by atoms with Crippen LogP contribution in [-0.4, -0.2) is 36.3 Å². The fourth-order valence-electron chi connectivity index (χ4n) is 1.36. The van der Waals surface area contributed by atoms with E-state index in [1.165, 1.54) is 0 Å². The summed E-state index contributed by atoms with van der Waals surface area (Å²) in [6.07, 6.45) is 3.58. The second-order valence-corrected chi connectivity index (χ2v) is 3.52. The molecule has 0 aliphatic heterocycles. The minimum absolute atomic E-state index is 0.604. The molecule has 0 unspecified atom stereocenters. The first-order valence-corrected chi connectivity index (χ1v) is 5.22. The Kier molecular flexibility index (Phi) is 3.25. The Hall–Kier alpha value is -1.76. The topological polar surface area (TPSA) is 73.5 Å². The number of hydrogen-bond acceptors (Lipinski definition) is 5. The van der Waals surface area contributed by atoms with E-state index in [-0.39, 0.29) is 0 Å². The van der Waals surface area contributed by atoms with Gasteiger partial charge in [-0.05, 0) is 6.54 Å². The third-order valence-corrected chi connectivity index (χ3v) is 2.09. The third-order valence-electron chi connectivity index (χ3n) is 2.09. The Balaban J connectivity index is 1.97. The van der Waals surface area contributed by atoms with E-state index in [1.807, 2.05) is 13.2 Å². The highest BCUT2D eigenvalue weighted by Crippen LogP contribution is 1.96. The summed E-state index contributed by atoms with van der Waals surface area (Å²) >= 11 is 0. The Morgan fingerprint density at radius 3 is 3.00 bits per heavy atom. The lowest BCUT2D eigenvalue weighted by Gasteiger charge is -1.96. The Morgan fingerprint density at radius 2 is 2.31 bits per heavy atom. The average Bonchev–Trinajstić information content (AvgIpc) is 2.86. The first kappa shape index (κ1) is 10.7. The van der Waals surface area contributed by atoms with Crippen LogP contribution in [0.25, 0.3) is 0 Å². The van der Waals surface area contributed by atoms with Gasteiger partial charge in [-0.2, -0.15) is 5.10 Å². The van der Waals surface area contributed by atoms with Crippen LogP contribution in [0.15, 0.2) is 12.5 Å². The first-order chi connectivity index (χ1) is 7.78. The van der Waals surface area contributed by atoms with E-state index < -0.39 is 0 Å². The Labute approximate surface area is 93.5 Å². The number of hydrogen-bond donors (Lipinski definition) is 1. The van der Waals surface area contributed by atoms with Crippen LogP contribution in [0.5, 0.6) is 0 Å². The molecule has 0 spiro atoms. The molecule has 2 rings (SSSR count). The van der Waals surface area contributed by atoms with Crippen LogP contribution in [0, 0.1) is 0 Å². The number of aromatic nitrogens is 6. The largest absolute Gasteiger partial charge is 0.310 e. The van der Waals surface area contributed by atoms with Crippen molar-refractivity contribution in [2.24, 2.45) is 7.05 Å². The third kappa shape index (κ3) is 2.63. The van der Waals surface area contributed by atoms with Crippen molar-refractivity contribution >= 4 is 0 Å². The molecule has 2 heterocycles. The lowest BCUT2D eigenvalue weighted by Crippen LogP contribution is -2.13. The fourth-order valence-corrected chi connectivity index (χ4v) is 1.36. The Bertz CT molecular complexity index is 444. The number of rotatable bonds is 5. The van der Waals surface area contributed by atoms with E-state index in [1.54, 1.807) is 15.7 Å². The van der Waals surface area contributed by atoms with Gasteiger partial charge >= 0.3 is 0 Å². The van der Waals surface area contributed by atoms with Gasteiger partial charge in [-0.15, -0.1) is 5.10 Å². The van der Waals surface area contributed by atoms with Crippen molar-refractivity contribution in [2.75, 3.05) is 6.54 Å². The van der Waals surface area contributed by atoms with Crippen LogP contribution in [0.3, 0.4) is 0 Å². The first-order valence-electron chi connectivity index (χ1n) is 5.22. The molecular weight excluding hydrogens is 206 g/mol. The van der Waals surface area contributed by atoms with Crippen LogP contribution in [0.4, 0.5) is 0 Å². The van der Waals surface area contributed by atoms with E-state index in [9.17, 15) is 0 Å². The summed E-state index contributed by atoms with van der Waals surface area (Å²) in [5.41, 5.74) is 0.877. The molecule has 0 saturated heterocycles. The molecule has 7 nitrogen and oxygen atoms in total. The maximum absolute atomic E-state index is 4.32. The normalized spacial score (nSPS) is 10.9. The molecule has 1 N–H and O–H groups in total.